The molecule has 4 heterocycles. The molecule has 2 bridgehead atoms. The molecular formula is C30H28F5N5O3S. The highest BCUT2D eigenvalue weighted by molar-refractivity contribution is 7.99. The Bertz CT molecular complexity index is 1750. The molecule has 0 N–H and O–H groups in total. The van der Waals surface area contributed by atoms with Crippen LogP contribution in [0.1, 0.15) is 18.4 Å². The molecule has 8 nitrogen and oxygen atoms in total. The first-order valence-electron chi connectivity index (χ1n) is 14.0. The Morgan fingerprint density at radius 2 is 1.82 bits per heavy atom. The van der Waals surface area contributed by atoms with Gasteiger partial charge in [0.2, 0.25) is 5.91 Å². The van der Waals surface area contributed by atoms with Gasteiger partial charge in [-0.3, -0.25) is 14.2 Å². The fraction of sp³-hybridized carbons (Fsp3) is 0.400. The molecule has 6 rings (SSSR count). The maximum atomic E-state index is 15.0. The summed E-state index contributed by atoms with van der Waals surface area (Å²) in [6.45, 7) is 0.884. The average molecular weight is 634 g/mol. The molecule has 2 unspecified atom stereocenters. The van der Waals surface area contributed by atoms with Crippen LogP contribution >= 0.6 is 11.8 Å². The van der Waals surface area contributed by atoms with Crippen LogP contribution in [-0.2, 0) is 22.3 Å². The summed E-state index contributed by atoms with van der Waals surface area (Å²) >= 11 is 1.07. The SMILES string of the molecule is CN(C)C/C=C/C(=O)N1C2CC(=O)CC1CN(c1nc(=O)n3c4c(c(-c5ccc(F)cc5F)c(C(F)(F)F)cc14)SCC3)C2. The van der Waals surface area contributed by atoms with Gasteiger partial charge >= 0.3 is 11.9 Å². The van der Waals surface area contributed by atoms with Crippen LogP contribution in [0.5, 0.6) is 0 Å². The van der Waals surface area contributed by atoms with Crippen LogP contribution in [0.4, 0.5) is 27.8 Å². The smallest absolute Gasteiger partial charge is 0.352 e. The van der Waals surface area contributed by atoms with Crippen LogP contribution in [0.25, 0.3) is 22.0 Å². The highest BCUT2D eigenvalue weighted by Gasteiger charge is 2.44. The van der Waals surface area contributed by atoms with E-state index in [-0.39, 0.29) is 71.5 Å². The summed E-state index contributed by atoms with van der Waals surface area (Å²) in [4.78, 5) is 48.5. The second-order valence-electron chi connectivity index (χ2n) is 11.4. The molecule has 1 amide bonds. The standard InChI is InChI=1S/C30H28F5N5O3S/c1-37(2)7-3-4-24(42)40-17-11-19(41)12-18(40)15-38(14-17)28-21-13-22(30(33,34)35)25(20-6-5-16(31)10-23(20)32)27-26(21)39(8-9-44-27)29(43)36-28/h3-6,10,13,17-18H,7-9,11-12,14-15H2,1-2H3/b4-3+. The van der Waals surface area contributed by atoms with Crippen molar-refractivity contribution in [2.24, 2.45) is 0 Å². The van der Waals surface area contributed by atoms with Gasteiger partial charge in [0.25, 0.3) is 0 Å². The summed E-state index contributed by atoms with van der Waals surface area (Å²) < 4.78 is 74.1. The number of nitrogens with zero attached hydrogens (tertiary/aromatic N) is 5. The van der Waals surface area contributed by atoms with Gasteiger partial charge in [0, 0.05) is 78.3 Å². The number of alkyl halides is 3. The first-order chi connectivity index (χ1) is 20.8. The molecule has 2 fully saturated rings. The maximum absolute atomic E-state index is 15.0. The Morgan fingerprint density at radius 1 is 1.11 bits per heavy atom. The number of hydrogen-bond acceptors (Lipinski definition) is 7. The first kappa shape index (κ1) is 30.3. The van der Waals surface area contributed by atoms with Crippen molar-refractivity contribution in [1.29, 1.82) is 0 Å². The molecule has 44 heavy (non-hydrogen) atoms. The first-order valence-corrected chi connectivity index (χ1v) is 15.0. The zero-order valence-corrected chi connectivity index (χ0v) is 24.6. The summed E-state index contributed by atoms with van der Waals surface area (Å²) in [5.74, 6) is -2.11. The fourth-order valence-corrected chi connectivity index (χ4v) is 7.58. The van der Waals surface area contributed by atoms with Gasteiger partial charge in [0.05, 0.1) is 23.2 Å². The Labute approximate surface area is 253 Å². The van der Waals surface area contributed by atoms with Gasteiger partial charge in [0.15, 0.2) is 0 Å². The van der Waals surface area contributed by atoms with E-state index in [1.54, 1.807) is 15.9 Å². The van der Waals surface area contributed by atoms with Crippen molar-refractivity contribution in [2.45, 2.75) is 42.5 Å². The van der Waals surface area contributed by atoms with Gasteiger partial charge in [-0.25, -0.2) is 13.6 Å². The number of likely N-dealkylation sites (N-methyl/N-ethyl adjacent to an activating group) is 1. The summed E-state index contributed by atoms with van der Waals surface area (Å²) in [6.07, 6.45) is -1.61. The van der Waals surface area contributed by atoms with E-state index in [0.717, 1.165) is 30.0 Å². The minimum absolute atomic E-state index is 0.0150. The van der Waals surface area contributed by atoms with Crippen molar-refractivity contribution >= 4 is 40.2 Å². The van der Waals surface area contributed by atoms with Crippen molar-refractivity contribution < 1.29 is 31.5 Å². The Balaban J connectivity index is 1.50. The van der Waals surface area contributed by atoms with Crippen LogP contribution in [0, 0.1) is 11.6 Å². The number of hydrogen-bond donors (Lipinski definition) is 0. The number of Topliss-reactive ketones (excluding diaryl/α,β-unsaturated/α-hetero) is 1. The van der Waals surface area contributed by atoms with Crippen molar-refractivity contribution in [1.82, 2.24) is 19.4 Å². The molecule has 14 heteroatoms. The molecule has 0 radical (unpaired) electrons. The molecule has 2 saturated heterocycles. The quantitative estimate of drug-likeness (QED) is 0.306. The van der Waals surface area contributed by atoms with E-state index in [1.165, 1.54) is 10.6 Å². The number of aromatic nitrogens is 2. The van der Waals surface area contributed by atoms with E-state index in [0.29, 0.717) is 12.6 Å². The van der Waals surface area contributed by atoms with Crippen molar-refractivity contribution in [3.8, 4) is 11.1 Å². The molecule has 0 saturated carbocycles. The van der Waals surface area contributed by atoms with Crippen LogP contribution in [0.3, 0.4) is 0 Å². The van der Waals surface area contributed by atoms with E-state index >= 15 is 0 Å². The highest BCUT2D eigenvalue weighted by atomic mass is 32.2. The van der Waals surface area contributed by atoms with E-state index in [9.17, 15) is 36.3 Å². The predicted molar refractivity (Wildman–Crippen MR) is 156 cm³/mol. The minimum Gasteiger partial charge on any atom is -0.352 e. The number of carbonyl (C=O) groups is 2. The number of piperazine rings is 1. The number of ketones is 1. The van der Waals surface area contributed by atoms with Crippen molar-refractivity contribution in [3.63, 3.8) is 0 Å². The van der Waals surface area contributed by atoms with Crippen LogP contribution < -0.4 is 10.6 Å². The molecule has 3 aliphatic heterocycles. The molecule has 3 aromatic rings. The second-order valence-corrected chi connectivity index (χ2v) is 12.5. The summed E-state index contributed by atoms with van der Waals surface area (Å²) in [7, 11) is 3.72. The van der Waals surface area contributed by atoms with Crippen LogP contribution in [0.2, 0.25) is 0 Å². The number of aryl methyl sites for hydroxylation is 1. The number of carbonyl (C=O) groups excluding carboxylic acids is 2. The summed E-state index contributed by atoms with van der Waals surface area (Å²) in [5.41, 5.74) is -2.51. The van der Waals surface area contributed by atoms with E-state index in [4.69, 9.17) is 0 Å². The molecule has 2 atom stereocenters. The largest absolute Gasteiger partial charge is 0.417 e. The molecule has 232 valence electrons. The van der Waals surface area contributed by atoms with Gasteiger partial charge in [-0.05, 0) is 32.3 Å². The molecule has 3 aliphatic rings. The lowest BCUT2D eigenvalue weighted by molar-refractivity contribution is -0.139. The van der Waals surface area contributed by atoms with Gasteiger partial charge in [-0.2, -0.15) is 18.2 Å². The number of piperidine rings is 1. The lowest BCUT2D eigenvalue weighted by atomic mass is 9.89. The van der Waals surface area contributed by atoms with Gasteiger partial charge in [0.1, 0.15) is 23.2 Å². The highest BCUT2D eigenvalue weighted by Crippen LogP contribution is 2.49. The third kappa shape index (κ3) is 5.38. The van der Waals surface area contributed by atoms with Gasteiger partial charge in [-0.1, -0.05) is 6.08 Å². The molecule has 0 spiro atoms. The Morgan fingerprint density at radius 3 is 2.45 bits per heavy atom. The lowest BCUT2D eigenvalue weighted by Crippen LogP contribution is -2.64. The Hall–Kier alpha value is -3.78. The second kappa shape index (κ2) is 11.3. The monoisotopic (exact) mass is 633 g/mol. The third-order valence-corrected chi connectivity index (χ3v) is 9.20. The number of fused-ring (bicyclic) bond motifs is 2. The summed E-state index contributed by atoms with van der Waals surface area (Å²) in [6, 6.07) is 2.14. The van der Waals surface area contributed by atoms with E-state index in [2.05, 4.69) is 4.98 Å². The molecular weight excluding hydrogens is 605 g/mol. The number of benzene rings is 2. The molecule has 0 aliphatic carbocycles. The zero-order valence-electron chi connectivity index (χ0n) is 23.8. The van der Waals surface area contributed by atoms with E-state index in [1.807, 2.05) is 19.0 Å². The number of rotatable bonds is 5. The minimum atomic E-state index is -4.93. The van der Waals surface area contributed by atoms with Crippen LogP contribution in [0.15, 0.2) is 46.1 Å². The average Bonchev–Trinajstić information content (AvgIpc) is 2.93. The van der Waals surface area contributed by atoms with E-state index < -0.39 is 52.3 Å². The number of anilines is 1. The topological polar surface area (TPSA) is 78.8 Å². The van der Waals surface area contributed by atoms with Crippen molar-refractivity contribution in [3.05, 3.63) is 64.1 Å². The van der Waals surface area contributed by atoms with Gasteiger partial charge < -0.3 is 14.7 Å². The number of amides is 1. The lowest BCUT2D eigenvalue weighted by Gasteiger charge is -2.49. The normalized spacial score (nSPS) is 20.3. The molecule has 2 aromatic carbocycles. The number of thioether (sulfide) groups is 1. The predicted octanol–water partition coefficient (Wildman–Crippen LogP) is 4.33. The zero-order chi connectivity index (χ0) is 31.5. The van der Waals surface area contributed by atoms with Crippen molar-refractivity contribution in [2.75, 3.05) is 44.4 Å². The van der Waals surface area contributed by atoms with Crippen LogP contribution in [-0.4, -0.2) is 82.6 Å². The maximum Gasteiger partial charge on any atom is 0.417 e. The fourth-order valence-electron chi connectivity index (χ4n) is 6.38. The third-order valence-electron chi connectivity index (χ3n) is 8.13. The molecule has 1 aromatic heterocycles. The van der Waals surface area contributed by atoms with Gasteiger partial charge in [-0.15, -0.1) is 11.8 Å². The Kier molecular flexibility index (Phi) is 7.77. The number of halogens is 5. The summed E-state index contributed by atoms with van der Waals surface area (Å²) in [5, 5.41) is 0.0560.